The van der Waals surface area contributed by atoms with Gasteiger partial charge in [0.25, 0.3) is 0 Å². The van der Waals surface area contributed by atoms with Crippen molar-refractivity contribution in [2.75, 3.05) is 0 Å². The second-order valence-corrected chi connectivity index (χ2v) is 5.70. The predicted molar refractivity (Wildman–Crippen MR) is 59.7 cm³/mol. The largest absolute Gasteiger partial charge is 0.479 e. The van der Waals surface area contributed by atoms with Gasteiger partial charge in [0.2, 0.25) is 0 Å². The van der Waals surface area contributed by atoms with Crippen molar-refractivity contribution >= 4 is 28.9 Å². The standard InChI is InChI=1S/C10H11ClO4S/c1-10(2)14-7(8(15-10)9(12)13)5-3-4-6(11)16-5/h3-4,7-8H,1-2H3,(H,12,13). The summed E-state index contributed by atoms with van der Waals surface area (Å²) >= 11 is 7.12. The molecular formula is C10H11ClO4S. The Morgan fingerprint density at radius 2 is 2.19 bits per heavy atom. The SMILES string of the molecule is CC1(C)OC(C(=O)O)C(c2ccc(Cl)s2)O1. The van der Waals surface area contributed by atoms with E-state index in [0.717, 1.165) is 4.88 Å². The molecule has 16 heavy (non-hydrogen) atoms. The van der Waals surface area contributed by atoms with Crippen LogP contribution in [0, 0.1) is 0 Å². The lowest BCUT2D eigenvalue weighted by atomic mass is 10.2. The number of aliphatic carboxylic acids is 1. The van der Waals surface area contributed by atoms with Gasteiger partial charge >= 0.3 is 5.97 Å². The first-order valence-electron chi connectivity index (χ1n) is 4.73. The highest BCUT2D eigenvalue weighted by Crippen LogP contribution is 2.41. The van der Waals surface area contributed by atoms with Crippen LogP contribution in [0.5, 0.6) is 0 Å². The number of thiophene rings is 1. The molecule has 1 aliphatic rings. The molecule has 1 aliphatic heterocycles. The van der Waals surface area contributed by atoms with Crippen LogP contribution in [-0.2, 0) is 14.3 Å². The van der Waals surface area contributed by atoms with Crippen LogP contribution in [0.1, 0.15) is 24.8 Å². The number of rotatable bonds is 2. The summed E-state index contributed by atoms with van der Waals surface area (Å²) in [4.78, 5) is 11.8. The van der Waals surface area contributed by atoms with E-state index < -0.39 is 24.0 Å². The zero-order chi connectivity index (χ0) is 11.9. The zero-order valence-corrected chi connectivity index (χ0v) is 10.3. The summed E-state index contributed by atoms with van der Waals surface area (Å²) in [7, 11) is 0. The highest BCUT2D eigenvalue weighted by molar-refractivity contribution is 7.16. The molecule has 1 saturated heterocycles. The lowest BCUT2D eigenvalue weighted by Crippen LogP contribution is -2.27. The third kappa shape index (κ3) is 2.22. The van der Waals surface area contributed by atoms with Crippen LogP contribution in [0.3, 0.4) is 0 Å². The Labute approximate surface area is 102 Å². The Bertz CT molecular complexity index is 415. The maximum absolute atomic E-state index is 11.0. The minimum atomic E-state index is -1.03. The maximum atomic E-state index is 11.0. The first-order chi connectivity index (χ1) is 7.39. The summed E-state index contributed by atoms with van der Waals surface area (Å²) < 4.78 is 11.5. The number of halogens is 1. The van der Waals surface area contributed by atoms with Gasteiger partial charge in [-0.3, -0.25) is 0 Å². The average molecular weight is 263 g/mol. The number of ether oxygens (including phenoxy) is 2. The van der Waals surface area contributed by atoms with E-state index in [9.17, 15) is 4.79 Å². The van der Waals surface area contributed by atoms with E-state index in [0.29, 0.717) is 4.34 Å². The Kier molecular flexibility index (Phi) is 2.96. The van der Waals surface area contributed by atoms with Crippen molar-refractivity contribution in [1.82, 2.24) is 0 Å². The van der Waals surface area contributed by atoms with Crippen molar-refractivity contribution in [2.45, 2.75) is 31.8 Å². The van der Waals surface area contributed by atoms with Gasteiger partial charge in [0.1, 0.15) is 6.10 Å². The molecule has 0 saturated carbocycles. The lowest BCUT2D eigenvalue weighted by Gasteiger charge is -2.15. The first-order valence-corrected chi connectivity index (χ1v) is 5.92. The van der Waals surface area contributed by atoms with Gasteiger partial charge in [0.05, 0.1) is 4.34 Å². The van der Waals surface area contributed by atoms with Gasteiger partial charge in [-0.25, -0.2) is 4.79 Å². The van der Waals surface area contributed by atoms with E-state index in [1.54, 1.807) is 26.0 Å². The number of carboxylic acids is 1. The topological polar surface area (TPSA) is 55.8 Å². The third-order valence-corrected chi connectivity index (χ3v) is 3.51. The monoisotopic (exact) mass is 262 g/mol. The first kappa shape index (κ1) is 11.9. The molecule has 1 aromatic heterocycles. The third-order valence-electron chi connectivity index (χ3n) is 2.21. The molecule has 0 amide bonds. The van der Waals surface area contributed by atoms with Crippen molar-refractivity contribution in [1.29, 1.82) is 0 Å². The van der Waals surface area contributed by atoms with E-state index in [-0.39, 0.29) is 0 Å². The summed E-state index contributed by atoms with van der Waals surface area (Å²) in [5.74, 6) is -1.91. The van der Waals surface area contributed by atoms with Crippen LogP contribution < -0.4 is 0 Å². The molecule has 2 rings (SSSR count). The van der Waals surface area contributed by atoms with Crippen molar-refractivity contribution in [3.63, 3.8) is 0 Å². The second kappa shape index (κ2) is 4.00. The van der Waals surface area contributed by atoms with Gasteiger partial charge in [-0.1, -0.05) is 11.6 Å². The molecule has 1 aromatic rings. The van der Waals surface area contributed by atoms with E-state index >= 15 is 0 Å². The molecule has 0 spiro atoms. The zero-order valence-electron chi connectivity index (χ0n) is 8.77. The second-order valence-electron chi connectivity index (χ2n) is 3.96. The van der Waals surface area contributed by atoms with Crippen LogP contribution in [0.4, 0.5) is 0 Å². The molecule has 88 valence electrons. The fraction of sp³-hybridized carbons (Fsp3) is 0.500. The molecule has 0 radical (unpaired) electrons. The summed E-state index contributed by atoms with van der Waals surface area (Å²) in [6, 6.07) is 3.48. The molecule has 0 aromatic carbocycles. The summed E-state index contributed by atoms with van der Waals surface area (Å²) in [5, 5.41) is 9.05. The van der Waals surface area contributed by atoms with Crippen LogP contribution >= 0.6 is 22.9 Å². The molecular weight excluding hydrogens is 252 g/mol. The van der Waals surface area contributed by atoms with E-state index in [4.69, 9.17) is 26.2 Å². The molecule has 2 unspecified atom stereocenters. The van der Waals surface area contributed by atoms with Crippen molar-refractivity contribution in [3.8, 4) is 0 Å². The fourth-order valence-corrected chi connectivity index (χ4v) is 2.75. The molecule has 2 heterocycles. The normalized spacial score (nSPS) is 28.2. The predicted octanol–water partition coefficient (Wildman–Crippen LogP) is 2.68. The molecule has 6 heteroatoms. The Morgan fingerprint density at radius 3 is 2.69 bits per heavy atom. The minimum absolute atomic E-state index is 0.593. The number of carbonyl (C=O) groups is 1. The van der Waals surface area contributed by atoms with Gasteiger partial charge in [0, 0.05) is 4.88 Å². The Morgan fingerprint density at radius 1 is 1.50 bits per heavy atom. The highest BCUT2D eigenvalue weighted by atomic mass is 35.5. The summed E-state index contributed by atoms with van der Waals surface area (Å²) in [6.45, 7) is 3.39. The van der Waals surface area contributed by atoms with Crippen LogP contribution in [0.2, 0.25) is 4.34 Å². The van der Waals surface area contributed by atoms with Gasteiger partial charge < -0.3 is 14.6 Å². The average Bonchev–Trinajstić information content (AvgIpc) is 2.69. The molecule has 1 fully saturated rings. The number of carboxylic acid groups (broad SMARTS) is 1. The quantitative estimate of drug-likeness (QED) is 0.890. The maximum Gasteiger partial charge on any atom is 0.336 e. The molecule has 0 bridgehead atoms. The van der Waals surface area contributed by atoms with Crippen LogP contribution in [-0.4, -0.2) is 23.0 Å². The fourth-order valence-electron chi connectivity index (χ4n) is 1.63. The van der Waals surface area contributed by atoms with Gasteiger partial charge in [-0.05, 0) is 26.0 Å². The van der Waals surface area contributed by atoms with Crippen molar-refractivity contribution < 1.29 is 19.4 Å². The smallest absolute Gasteiger partial charge is 0.336 e. The Hall–Kier alpha value is -0.620. The van der Waals surface area contributed by atoms with E-state index in [1.165, 1.54) is 11.3 Å². The number of hydrogen-bond acceptors (Lipinski definition) is 4. The summed E-state index contributed by atoms with van der Waals surface area (Å²) in [5.41, 5.74) is 0. The van der Waals surface area contributed by atoms with Crippen LogP contribution in [0.15, 0.2) is 12.1 Å². The van der Waals surface area contributed by atoms with E-state index in [1.807, 2.05) is 0 Å². The van der Waals surface area contributed by atoms with Gasteiger partial charge in [-0.15, -0.1) is 11.3 Å². The molecule has 1 N–H and O–H groups in total. The lowest BCUT2D eigenvalue weighted by molar-refractivity contribution is -0.165. The molecule has 0 aliphatic carbocycles. The molecule has 4 nitrogen and oxygen atoms in total. The van der Waals surface area contributed by atoms with Crippen molar-refractivity contribution in [2.24, 2.45) is 0 Å². The Balaban J connectivity index is 2.29. The number of hydrogen-bond donors (Lipinski definition) is 1. The van der Waals surface area contributed by atoms with Crippen LogP contribution in [0.25, 0.3) is 0 Å². The minimum Gasteiger partial charge on any atom is -0.479 e. The highest BCUT2D eigenvalue weighted by Gasteiger charge is 2.46. The van der Waals surface area contributed by atoms with Crippen molar-refractivity contribution in [3.05, 3.63) is 21.3 Å². The van der Waals surface area contributed by atoms with Gasteiger partial charge in [0.15, 0.2) is 11.9 Å². The van der Waals surface area contributed by atoms with Gasteiger partial charge in [-0.2, -0.15) is 0 Å². The molecule has 2 atom stereocenters. The summed E-state index contributed by atoms with van der Waals surface area (Å²) in [6.07, 6.45) is -1.57. The van der Waals surface area contributed by atoms with E-state index in [2.05, 4.69) is 0 Å².